The summed E-state index contributed by atoms with van der Waals surface area (Å²) in [6.45, 7) is 3.42. The molecule has 1 atom stereocenters. The minimum atomic E-state index is -0.474. The van der Waals surface area contributed by atoms with Crippen molar-refractivity contribution in [2.24, 2.45) is 0 Å². The molecular weight excluding hydrogens is 164 g/mol. The van der Waals surface area contributed by atoms with Gasteiger partial charge in [0.2, 0.25) is 0 Å². The summed E-state index contributed by atoms with van der Waals surface area (Å²) in [4.78, 5) is 21.1. The first-order valence-electron chi connectivity index (χ1n) is 3.35. The van der Waals surface area contributed by atoms with Crippen LogP contribution in [0.25, 0.3) is 0 Å². The molecule has 0 amide bonds. The normalized spacial score (nSPS) is 12.3. The van der Waals surface area contributed by atoms with Gasteiger partial charge >= 0.3 is 5.97 Å². The zero-order valence-corrected chi connectivity index (χ0v) is 7.56. The van der Waals surface area contributed by atoms with Crippen molar-refractivity contribution in [3.8, 4) is 0 Å². The molecule has 1 unspecified atom stereocenters. The van der Waals surface area contributed by atoms with Crippen molar-refractivity contribution in [3.63, 3.8) is 0 Å². The second kappa shape index (κ2) is 5.18. The van der Waals surface area contributed by atoms with E-state index in [0.29, 0.717) is 0 Å². The second-order valence-electron chi connectivity index (χ2n) is 2.41. The monoisotopic (exact) mass is 176 g/mol. The summed E-state index contributed by atoms with van der Waals surface area (Å²) in [6.07, 6.45) is -0.138. The summed E-state index contributed by atoms with van der Waals surface area (Å²) in [7, 11) is 0. The first-order valence-corrected chi connectivity index (χ1v) is 3.87. The van der Waals surface area contributed by atoms with Gasteiger partial charge in [0, 0.05) is 5.25 Å². The van der Waals surface area contributed by atoms with Crippen molar-refractivity contribution in [1.29, 1.82) is 0 Å². The number of rotatable bonds is 4. The van der Waals surface area contributed by atoms with Crippen molar-refractivity contribution in [2.45, 2.75) is 25.5 Å². The van der Waals surface area contributed by atoms with Gasteiger partial charge in [-0.2, -0.15) is 12.6 Å². The number of Topliss-reactive ketones (excluding diaryl/α,β-unsaturated/α-hetero) is 1. The fraction of sp³-hybridized carbons (Fsp3) is 0.714. The summed E-state index contributed by atoms with van der Waals surface area (Å²) in [5.74, 6) is -0.653. The maximum atomic E-state index is 10.7. The molecule has 3 nitrogen and oxygen atoms in total. The predicted octanol–water partition coefficient (Wildman–Crippen LogP) is 0.827. The van der Waals surface area contributed by atoms with Crippen LogP contribution in [0.4, 0.5) is 0 Å². The van der Waals surface area contributed by atoms with Gasteiger partial charge in [-0.1, -0.05) is 6.92 Å². The van der Waals surface area contributed by atoms with Crippen molar-refractivity contribution >= 4 is 24.4 Å². The molecule has 0 spiro atoms. The van der Waals surface area contributed by atoms with Gasteiger partial charge in [-0.25, -0.2) is 0 Å². The van der Waals surface area contributed by atoms with Crippen LogP contribution in [0.2, 0.25) is 0 Å². The minimum absolute atomic E-state index is 0.0194. The summed E-state index contributed by atoms with van der Waals surface area (Å²) >= 11 is 4.00. The molecule has 0 fully saturated rings. The number of hydrogen-bond donors (Lipinski definition) is 1. The summed E-state index contributed by atoms with van der Waals surface area (Å²) < 4.78 is 4.68. The van der Waals surface area contributed by atoms with E-state index in [2.05, 4.69) is 17.4 Å². The third-order valence-corrected chi connectivity index (χ3v) is 1.03. The number of hydrogen-bond acceptors (Lipinski definition) is 4. The van der Waals surface area contributed by atoms with Gasteiger partial charge in [0.05, 0.1) is 0 Å². The summed E-state index contributed by atoms with van der Waals surface area (Å²) in [5, 5.41) is 0.0194. The smallest absolute Gasteiger partial charge is 0.313 e. The molecule has 0 aliphatic carbocycles. The molecule has 0 aliphatic heterocycles. The highest BCUT2D eigenvalue weighted by atomic mass is 32.1. The molecule has 0 aromatic carbocycles. The Bertz CT molecular complexity index is 154. The van der Waals surface area contributed by atoms with E-state index in [1.54, 1.807) is 0 Å². The van der Waals surface area contributed by atoms with Crippen LogP contribution in [0.3, 0.4) is 0 Å². The van der Waals surface area contributed by atoms with Gasteiger partial charge in [0.25, 0.3) is 0 Å². The maximum Gasteiger partial charge on any atom is 0.313 e. The molecule has 0 saturated heterocycles. The minimum Gasteiger partial charge on any atom is -0.464 e. The van der Waals surface area contributed by atoms with Crippen molar-refractivity contribution < 1.29 is 14.3 Å². The zero-order chi connectivity index (χ0) is 8.85. The quantitative estimate of drug-likeness (QED) is 0.392. The average Bonchev–Trinajstić information content (AvgIpc) is 1.82. The molecule has 0 saturated carbocycles. The fourth-order valence-electron chi connectivity index (χ4n) is 0.468. The van der Waals surface area contributed by atoms with E-state index in [1.165, 1.54) is 6.92 Å². The molecular formula is C7H12O3S. The molecule has 0 aromatic heterocycles. The van der Waals surface area contributed by atoms with Gasteiger partial charge in [-0.3, -0.25) is 9.59 Å². The zero-order valence-electron chi connectivity index (χ0n) is 6.66. The van der Waals surface area contributed by atoms with E-state index in [9.17, 15) is 9.59 Å². The fourth-order valence-corrected chi connectivity index (χ4v) is 0.542. The largest absolute Gasteiger partial charge is 0.464 e. The van der Waals surface area contributed by atoms with Crippen LogP contribution in [-0.2, 0) is 14.3 Å². The lowest BCUT2D eigenvalue weighted by Gasteiger charge is -2.04. The molecule has 4 heteroatoms. The van der Waals surface area contributed by atoms with E-state index < -0.39 is 5.97 Å². The van der Waals surface area contributed by atoms with Crippen LogP contribution in [0, 0.1) is 0 Å². The lowest BCUT2D eigenvalue weighted by atomic mass is 10.3. The molecule has 0 heterocycles. The number of ketones is 1. The highest BCUT2D eigenvalue weighted by Crippen LogP contribution is 1.95. The molecule has 0 radical (unpaired) electrons. The van der Waals surface area contributed by atoms with Crippen LogP contribution >= 0.6 is 12.6 Å². The molecule has 0 aliphatic rings. The maximum absolute atomic E-state index is 10.7. The lowest BCUT2D eigenvalue weighted by Crippen LogP contribution is -2.13. The standard InChI is InChI=1S/C7H12O3S/c1-5(8)3-7(9)10-4-6(2)11/h6,11H,3-4H2,1-2H3. The van der Waals surface area contributed by atoms with E-state index in [0.717, 1.165) is 0 Å². The molecule has 0 N–H and O–H groups in total. The topological polar surface area (TPSA) is 43.4 Å². The van der Waals surface area contributed by atoms with Crippen LogP contribution in [0.5, 0.6) is 0 Å². The number of ether oxygens (including phenoxy) is 1. The van der Waals surface area contributed by atoms with Crippen molar-refractivity contribution in [1.82, 2.24) is 0 Å². The number of thiol groups is 1. The SMILES string of the molecule is CC(=O)CC(=O)OCC(C)S. The van der Waals surface area contributed by atoms with Crippen LogP contribution in [-0.4, -0.2) is 23.6 Å². The Hall–Kier alpha value is -0.510. The molecule has 64 valence electrons. The highest BCUT2D eigenvalue weighted by Gasteiger charge is 2.06. The summed E-state index contributed by atoms with van der Waals surface area (Å²) in [5.41, 5.74) is 0. The molecule has 0 aromatic rings. The Morgan fingerprint density at radius 2 is 2.09 bits per heavy atom. The number of esters is 1. The molecule has 0 bridgehead atoms. The molecule has 0 rings (SSSR count). The third kappa shape index (κ3) is 7.39. The van der Waals surface area contributed by atoms with E-state index in [1.807, 2.05) is 6.92 Å². The lowest BCUT2D eigenvalue weighted by molar-refractivity contribution is -0.145. The Morgan fingerprint density at radius 3 is 2.45 bits per heavy atom. The van der Waals surface area contributed by atoms with E-state index in [4.69, 9.17) is 0 Å². The Kier molecular flexibility index (Phi) is 4.94. The number of carbonyl (C=O) groups excluding carboxylic acids is 2. The Labute approximate surface area is 71.5 Å². The van der Waals surface area contributed by atoms with E-state index >= 15 is 0 Å². The number of carbonyl (C=O) groups is 2. The van der Waals surface area contributed by atoms with Crippen molar-refractivity contribution in [2.75, 3.05) is 6.61 Å². The molecule has 11 heavy (non-hydrogen) atoms. The van der Waals surface area contributed by atoms with Gasteiger partial charge in [0.1, 0.15) is 18.8 Å². The predicted molar refractivity (Wildman–Crippen MR) is 44.7 cm³/mol. The van der Waals surface area contributed by atoms with Gasteiger partial charge < -0.3 is 4.74 Å². The first-order chi connectivity index (χ1) is 5.02. The average molecular weight is 176 g/mol. The third-order valence-electron chi connectivity index (χ3n) is 0.879. The van der Waals surface area contributed by atoms with Crippen LogP contribution < -0.4 is 0 Å². The van der Waals surface area contributed by atoms with Gasteiger partial charge in [-0.05, 0) is 6.92 Å². The van der Waals surface area contributed by atoms with Crippen LogP contribution in [0.1, 0.15) is 20.3 Å². The highest BCUT2D eigenvalue weighted by molar-refractivity contribution is 7.80. The Morgan fingerprint density at radius 1 is 1.55 bits per heavy atom. The summed E-state index contributed by atoms with van der Waals surface area (Å²) in [6, 6.07) is 0. The van der Waals surface area contributed by atoms with Gasteiger partial charge in [0.15, 0.2) is 0 Å². The second-order valence-corrected chi connectivity index (χ2v) is 3.29. The van der Waals surface area contributed by atoms with E-state index in [-0.39, 0.29) is 24.1 Å². The Balaban J connectivity index is 3.46. The van der Waals surface area contributed by atoms with Gasteiger partial charge in [-0.15, -0.1) is 0 Å². The van der Waals surface area contributed by atoms with Crippen molar-refractivity contribution in [3.05, 3.63) is 0 Å². The first kappa shape index (κ1) is 10.5. The van der Waals surface area contributed by atoms with Crippen LogP contribution in [0.15, 0.2) is 0 Å².